The number of aryl methyl sites for hydroxylation is 1. The first-order valence-electron chi connectivity index (χ1n) is 5.57. The second kappa shape index (κ2) is 5.43. The number of hydrogen-bond acceptors (Lipinski definition) is 3. The fourth-order valence-electron chi connectivity index (χ4n) is 1.71. The molecule has 0 radical (unpaired) electrons. The molecule has 3 nitrogen and oxygen atoms in total. The van der Waals surface area contributed by atoms with Crippen molar-refractivity contribution in [3.63, 3.8) is 0 Å². The summed E-state index contributed by atoms with van der Waals surface area (Å²) in [4.78, 5) is 0. The van der Waals surface area contributed by atoms with Gasteiger partial charge in [-0.3, -0.25) is 11.3 Å². The SMILES string of the molecule is COC(C)(C)C(Cc1ccccc1C)NN. The van der Waals surface area contributed by atoms with Crippen LogP contribution < -0.4 is 11.3 Å². The first-order valence-corrected chi connectivity index (χ1v) is 5.57. The van der Waals surface area contributed by atoms with Gasteiger partial charge in [0.2, 0.25) is 0 Å². The fraction of sp³-hybridized carbons (Fsp3) is 0.538. The topological polar surface area (TPSA) is 47.3 Å². The van der Waals surface area contributed by atoms with Crippen LogP contribution in [0.3, 0.4) is 0 Å². The van der Waals surface area contributed by atoms with Gasteiger partial charge in [0.05, 0.1) is 11.6 Å². The fourth-order valence-corrected chi connectivity index (χ4v) is 1.71. The Hall–Kier alpha value is -0.900. The summed E-state index contributed by atoms with van der Waals surface area (Å²) in [7, 11) is 1.71. The van der Waals surface area contributed by atoms with E-state index in [9.17, 15) is 0 Å². The molecule has 1 aromatic rings. The van der Waals surface area contributed by atoms with E-state index in [2.05, 4.69) is 30.5 Å². The van der Waals surface area contributed by atoms with E-state index < -0.39 is 0 Å². The third-order valence-electron chi connectivity index (χ3n) is 3.25. The molecule has 16 heavy (non-hydrogen) atoms. The lowest BCUT2D eigenvalue weighted by atomic mass is 9.91. The molecule has 0 aliphatic heterocycles. The predicted octanol–water partition coefficient (Wildman–Crippen LogP) is 1.79. The second-order valence-corrected chi connectivity index (χ2v) is 4.66. The number of rotatable bonds is 5. The summed E-state index contributed by atoms with van der Waals surface area (Å²) >= 11 is 0. The standard InChI is InChI=1S/C13H22N2O/c1-10-7-5-6-8-11(10)9-12(15-14)13(2,3)16-4/h5-8,12,15H,9,14H2,1-4H3. The number of benzene rings is 1. The zero-order valence-electron chi connectivity index (χ0n) is 10.6. The van der Waals surface area contributed by atoms with Gasteiger partial charge in [-0.1, -0.05) is 24.3 Å². The Bertz CT molecular complexity index is 336. The Morgan fingerprint density at radius 2 is 2.00 bits per heavy atom. The van der Waals surface area contributed by atoms with Crippen LogP contribution >= 0.6 is 0 Å². The zero-order valence-corrected chi connectivity index (χ0v) is 10.6. The number of ether oxygens (including phenoxy) is 1. The van der Waals surface area contributed by atoms with Crippen molar-refractivity contribution in [2.75, 3.05) is 7.11 Å². The smallest absolute Gasteiger partial charge is 0.0791 e. The Labute approximate surface area is 98.0 Å². The van der Waals surface area contributed by atoms with Gasteiger partial charge in [-0.25, -0.2) is 0 Å². The molecule has 0 amide bonds. The van der Waals surface area contributed by atoms with Crippen molar-refractivity contribution in [2.24, 2.45) is 5.84 Å². The highest BCUT2D eigenvalue weighted by atomic mass is 16.5. The highest BCUT2D eigenvalue weighted by molar-refractivity contribution is 5.26. The van der Waals surface area contributed by atoms with Crippen LogP contribution in [0.25, 0.3) is 0 Å². The monoisotopic (exact) mass is 222 g/mol. The molecule has 3 heteroatoms. The summed E-state index contributed by atoms with van der Waals surface area (Å²) in [6, 6.07) is 8.44. The molecule has 1 rings (SSSR count). The largest absolute Gasteiger partial charge is 0.377 e. The van der Waals surface area contributed by atoms with E-state index in [4.69, 9.17) is 10.6 Å². The Morgan fingerprint density at radius 1 is 1.38 bits per heavy atom. The van der Waals surface area contributed by atoms with Gasteiger partial charge in [-0.2, -0.15) is 0 Å². The van der Waals surface area contributed by atoms with Crippen LogP contribution in [-0.2, 0) is 11.2 Å². The molecule has 0 saturated carbocycles. The minimum Gasteiger partial charge on any atom is -0.377 e. The molecular formula is C13H22N2O. The zero-order chi connectivity index (χ0) is 12.2. The van der Waals surface area contributed by atoms with E-state index in [0.717, 1.165) is 6.42 Å². The maximum Gasteiger partial charge on any atom is 0.0791 e. The van der Waals surface area contributed by atoms with Gasteiger partial charge in [-0.05, 0) is 38.3 Å². The number of methoxy groups -OCH3 is 1. The van der Waals surface area contributed by atoms with Crippen molar-refractivity contribution >= 4 is 0 Å². The molecule has 0 bridgehead atoms. The summed E-state index contributed by atoms with van der Waals surface area (Å²) < 4.78 is 5.46. The molecule has 1 unspecified atom stereocenters. The molecule has 3 N–H and O–H groups in total. The second-order valence-electron chi connectivity index (χ2n) is 4.66. The lowest BCUT2D eigenvalue weighted by Gasteiger charge is -2.33. The van der Waals surface area contributed by atoms with E-state index in [-0.39, 0.29) is 11.6 Å². The summed E-state index contributed by atoms with van der Waals surface area (Å²) in [5.41, 5.74) is 5.15. The Morgan fingerprint density at radius 3 is 2.50 bits per heavy atom. The van der Waals surface area contributed by atoms with Gasteiger partial charge in [0.25, 0.3) is 0 Å². The number of hydrazine groups is 1. The highest BCUT2D eigenvalue weighted by Crippen LogP contribution is 2.19. The van der Waals surface area contributed by atoms with Gasteiger partial charge in [0.15, 0.2) is 0 Å². The quantitative estimate of drug-likeness (QED) is 0.590. The minimum atomic E-state index is -0.281. The van der Waals surface area contributed by atoms with Crippen molar-refractivity contribution in [1.82, 2.24) is 5.43 Å². The van der Waals surface area contributed by atoms with Crippen LogP contribution in [0.1, 0.15) is 25.0 Å². The van der Waals surface area contributed by atoms with E-state index >= 15 is 0 Å². The average Bonchev–Trinajstić information content (AvgIpc) is 2.27. The van der Waals surface area contributed by atoms with Crippen LogP contribution in [-0.4, -0.2) is 18.8 Å². The molecule has 0 heterocycles. The summed E-state index contributed by atoms with van der Waals surface area (Å²) in [5, 5.41) is 0. The highest BCUT2D eigenvalue weighted by Gasteiger charge is 2.28. The van der Waals surface area contributed by atoms with Gasteiger partial charge in [0.1, 0.15) is 0 Å². The molecule has 0 aromatic heterocycles. The molecule has 0 spiro atoms. The average molecular weight is 222 g/mol. The third kappa shape index (κ3) is 3.04. The molecule has 1 atom stereocenters. The Balaban J connectivity index is 2.82. The predicted molar refractivity (Wildman–Crippen MR) is 67.1 cm³/mol. The van der Waals surface area contributed by atoms with Gasteiger partial charge in [0, 0.05) is 7.11 Å². The Kier molecular flexibility index (Phi) is 4.47. The lowest BCUT2D eigenvalue weighted by Crippen LogP contribution is -2.52. The molecular weight excluding hydrogens is 200 g/mol. The number of nitrogens with one attached hydrogen (secondary N) is 1. The number of hydrogen-bond donors (Lipinski definition) is 2. The van der Waals surface area contributed by atoms with Gasteiger partial charge in [-0.15, -0.1) is 0 Å². The molecule has 0 aliphatic rings. The lowest BCUT2D eigenvalue weighted by molar-refractivity contribution is -0.0101. The number of nitrogens with two attached hydrogens (primary N) is 1. The van der Waals surface area contributed by atoms with Crippen LogP contribution in [0.15, 0.2) is 24.3 Å². The summed E-state index contributed by atoms with van der Waals surface area (Å²) in [6.45, 7) is 6.19. The first-order chi connectivity index (χ1) is 7.51. The molecule has 1 aromatic carbocycles. The van der Waals surface area contributed by atoms with Gasteiger partial charge >= 0.3 is 0 Å². The molecule has 0 fully saturated rings. The van der Waals surface area contributed by atoms with E-state index in [1.54, 1.807) is 7.11 Å². The maximum absolute atomic E-state index is 5.60. The normalized spacial score (nSPS) is 13.8. The van der Waals surface area contributed by atoms with Crippen molar-refractivity contribution in [1.29, 1.82) is 0 Å². The third-order valence-corrected chi connectivity index (χ3v) is 3.25. The van der Waals surface area contributed by atoms with Crippen molar-refractivity contribution in [3.05, 3.63) is 35.4 Å². The van der Waals surface area contributed by atoms with Crippen molar-refractivity contribution < 1.29 is 4.74 Å². The van der Waals surface area contributed by atoms with E-state index in [0.29, 0.717) is 0 Å². The van der Waals surface area contributed by atoms with Crippen LogP contribution in [0.2, 0.25) is 0 Å². The van der Waals surface area contributed by atoms with Crippen LogP contribution in [0.5, 0.6) is 0 Å². The van der Waals surface area contributed by atoms with Crippen LogP contribution in [0, 0.1) is 6.92 Å². The first kappa shape index (κ1) is 13.2. The molecule has 0 saturated heterocycles. The van der Waals surface area contributed by atoms with E-state index in [1.165, 1.54) is 11.1 Å². The van der Waals surface area contributed by atoms with E-state index in [1.807, 2.05) is 19.9 Å². The van der Waals surface area contributed by atoms with Crippen LogP contribution in [0.4, 0.5) is 0 Å². The summed E-state index contributed by atoms with van der Waals surface area (Å²) in [5.74, 6) is 5.60. The minimum absolute atomic E-state index is 0.0959. The van der Waals surface area contributed by atoms with Gasteiger partial charge < -0.3 is 4.74 Å². The summed E-state index contributed by atoms with van der Waals surface area (Å²) in [6.07, 6.45) is 0.865. The van der Waals surface area contributed by atoms with Crippen molar-refractivity contribution in [2.45, 2.75) is 38.8 Å². The van der Waals surface area contributed by atoms with Crippen molar-refractivity contribution in [3.8, 4) is 0 Å². The molecule has 90 valence electrons. The maximum atomic E-state index is 5.60. The molecule has 0 aliphatic carbocycles.